The molecule has 2 aromatic rings. The molecular formula is C21H26N3O2P. The Morgan fingerprint density at radius 2 is 1.67 bits per heavy atom. The summed E-state index contributed by atoms with van der Waals surface area (Å²) in [6.07, 6.45) is 4.81. The van der Waals surface area contributed by atoms with Crippen LogP contribution < -0.4 is 16.0 Å². The fraction of sp³-hybridized carbons (Fsp3) is 0.190. The van der Waals surface area contributed by atoms with Gasteiger partial charge in [0.05, 0.1) is 18.1 Å². The van der Waals surface area contributed by atoms with Gasteiger partial charge in [-0.05, 0) is 0 Å². The van der Waals surface area contributed by atoms with Crippen LogP contribution in [0.3, 0.4) is 0 Å². The van der Waals surface area contributed by atoms with Gasteiger partial charge in [0.15, 0.2) is 7.14 Å². The highest BCUT2D eigenvalue weighted by molar-refractivity contribution is 7.83. The van der Waals surface area contributed by atoms with Crippen molar-refractivity contribution in [3.05, 3.63) is 85.0 Å². The van der Waals surface area contributed by atoms with Gasteiger partial charge >= 0.3 is 0 Å². The number of hydrogen-bond acceptors (Lipinski definition) is 5. The fourth-order valence-corrected chi connectivity index (χ4v) is 5.04. The molecule has 5 nitrogen and oxygen atoms in total. The number of allylic oxidation sites excluding steroid dienone is 1. The third-order valence-electron chi connectivity index (χ3n) is 3.75. The van der Waals surface area contributed by atoms with Gasteiger partial charge in [-0.3, -0.25) is 4.99 Å². The predicted molar refractivity (Wildman–Crippen MR) is 114 cm³/mol. The lowest BCUT2D eigenvalue weighted by Gasteiger charge is -2.21. The van der Waals surface area contributed by atoms with Gasteiger partial charge < -0.3 is 14.7 Å². The molecule has 0 radical (unpaired) electrons. The molecule has 6 heteroatoms. The lowest BCUT2D eigenvalue weighted by Crippen LogP contribution is -2.27. The Bertz CT molecular complexity index is 774. The molecule has 0 aromatic heterocycles. The summed E-state index contributed by atoms with van der Waals surface area (Å²) < 4.78 is 19.5. The van der Waals surface area contributed by atoms with Gasteiger partial charge in [0.1, 0.15) is 6.61 Å². The lowest BCUT2D eigenvalue weighted by molar-refractivity contribution is 0.261. The van der Waals surface area contributed by atoms with E-state index in [1.54, 1.807) is 17.4 Å². The first-order valence-electron chi connectivity index (χ1n) is 8.67. The SMILES string of the molecule is C=COCCN=C/C(=C/NN(C)C)P(=O)(c1ccccc1)c1ccccc1. The summed E-state index contributed by atoms with van der Waals surface area (Å²) in [4.78, 5) is 4.41. The largest absolute Gasteiger partial charge is 0.500 e. The number of ether oxygens (including phenoxy) is 1. The van der Waals surface area contributed by atoms with E-state index in [0.717, 1.165) is 10.6 Å². The van der Waals surface area contributed by atoms with Crippen molar-refractivity contribution in [2.75, 3.05) is 27.2 Å². The summed E-state index contributed by atoms with van der Waals surface area (Å²) in [6, 6.07) is 19.0. The second kappa shape index (κ2) is 10.5. The maximum absolute atomic E-state index is 14.4. The molecule has 0 unspecified atom stereocenters. The van der Waals surface area contributed by atoms with Gasteiger partial charge in [-0.2, -0.15) is 0 Å². The average molecular weight is 383 g/mol. The van der Waals surface area contributed by atoms with E-state index in [9.17, 15) is 4.57 Å². The zero-order chi connectivity index (χ0) is 19.5. The van der Waals surface area contributed by atoms with Crippen LogP contribution in [-0.2, 0) is 9.30 Å². The van der Waals surface area contributed by atoms with Crippen molar-refractivity contribution in [1.82, 2.24) is 10.4 Å². The van der Waals surface area contributed by atoms with Gasteiger partial charge in [-0.1, -0.05) is 67.2 Å². The van der Waals surface area contributed by atoms with E-state index in [-0.39, 0.29) is 0 Å². The maximum Gasteiger partial charge on any atom is 0.173 e. The Morgan fingerprint density at radius 1 is 1.11 bits per heavy atom. The number of rotatable bonds is 10. The van der Waals surface area contributed by atoms with Crippen molar-refractivity contribution in [2.24, 2.45) is 4.99 Å². The summed E-state index contributed by atoms with van der Waals surface area (Å²) >= 11 is 0. The second-order valence-corrected chi connectivity index (χ2v) is 8.71. The topological polar surface area (TPSA) is 53.9 Å². The van der Waals surface area contributed by atoms with Gasteiger partial charge in [0.25, 0.3) is 0 Å². The van der Waals surface area contributed by atoms with Crippen LogP contribution in [0.4, 0.5) is 0 Å². The summed E-state index contributed by atoms with van der Waals surface area (Å²) in [5, 5.41) is 3.93. The van der Waals surface area contributed by atoms with Crippen molar-refractivity contribution in [2.45, 2.75) is 0 Å². The van der Waals surface area contributed by atoms with Crippen molar-refractivity contribution in [3.8, 4) is 0 Å². The molecular weight excluding hydrogens is 357 g/mol. The van der Waals surface area contributed by atoms with Gasteiger partial charge in [0, 0.05) is 37.1 Å². The molecule has 0 amide bonds. The molecule has 1 N–H and O–H groups in total. The summed E-state index contributed by atoms with van der Waals surface area (Å²) in [6.45, 7) is 4.39. The molecule has 2 aromatic carbocycles. The number of hydrazine groups is 1. The molecule has 2 rings (SSSR count). The van der Waals surface area contributed by atoms with Crippen molar-refractivity contribution < 1.29 is 9.30 Å². The van der Waals surface area contributed by atoms with Crippen LogP contribution in [0.2, 0.25) is 0 Å². The number of hydrogen-bond donors (Lipinski definition) is 1. The van der Waals surface area contributed by atoms with Crippen molar-refractivity contribution in [1.29, 1.82) is 0 Å². The zero-order valence-electron chi connectivity index (χ0n) is 15.8. The highest BCUT2D eigenvalue weighted by atomic mass is 31.2. The van der Waals surface area contributed by atoms with E-state index in [4.69, 9.17) is 4.74 Å². The first-order chi connectivity index (χ1) is 13.1. The van der Waals surface area contributed by atoms with Gasteiger partial charge in [-0.15, -0.1) is 0 Å². The van der Waals surface area contributed by atoms with E-state index in [2.05, 4.69) is 17.0 Å². The van der Waals surface area contributed by atoms with Crippen molar-refractivity contribution in [3.63, 3.8) is 0 Å². The van der Waals surface area contributed by atoms with Crippen LogP contribution in [0.25, 0.3) is 0 Å². The number of nitrogens with zero attached hydrogens (tertiary/aromatic N) is 2. The van der Waals surface area contributed by atoms with E-state index >= 15 is 0 Å². The van der Waals surface area contributed by atoms with Crippen LogP contribution >= 0.6 is 7.14 Å². The van der Waals surface area contributed by atoms with E-state index in [0.29, 0.717) is 18.5 Å². The van der Waals surface area contributed by atoms with Gasteiger partial charge in [0.2, 0.25) is 0 Å². The smallest absolute Gasteiger partial charge is 0.173 e. The second-order valence-electron chi connectivity index (χ2n) is 5.95. The molecule has 142 valence electrons. The third-order valence-corrected chi connectivity index (χ3v) is 6.78. The Labute approximate surface area is 161 Å². The number of nitrogens with one attached hydrogen (secondary N) is 1. The normalized spacial score (nSPS) is 12.3. The summed E-state index contributed by atoms with van der Waals surface area (Å²) in [7, 11) is 0.664. The molecule has 0 fully saturated rings. The summed E-state index contributed by atoms with van der Waals surface area (Å²) in [5.74, 6) is 0. The lowest BCUT2D eigenvalue weighted by atomic mass is 10.4. The van der Waals surface area contributed by atoms with Crippen LogP contribution in [0.15, 0.2) is 90.0 Å². The molecule has 0 aliphatic heterocycles. The molecule has 0 saturated carbocycles. The molecule has 0 aliphatic rings. The van der Waals surface area contributed by atoms with Crippen LogP contribution in [0.1, 0.15) is 0 Å². The minimum Gasteiger partial charge on any atom is -0.500 e. The Kier molecular flexibility index (Phi) is 8.05. The van der Waals surface area contributed by atoms with E-state index in [1.165, 1.54) is 6.26 Å². The first-order valence-corrected chi connectivity index (χ1v) is 10.4. The van der Waals surface area contributed by atoms with E-state index < -0.39 is 7.14 Å². The number of aliphatic imine (C=N–C) groups is 1. The van der Waals surface area contributed by atoms with E-state index in [1.807, 2.05) is 74.8 Å². The Hall–Kier alpha value is -2.62. The van der Waals surface area contributed by atoms with Crippen molar-refractivity contribution >= 4 is 24.0 Å². The minimum atomic E-state index is -3.08. The third kappa shape index (κ3) is 5.68. The van der Waals surface area contributed by atoms with Crippen LogP contribution in [-0.4, -0.2) is 38.5 Å². The first kappa shape index (κ1) is 20.7. The Balaban J connectivity index is 2.51. The van der Waals surface area contributed by atoms with Crippen LogP contribution in [0, 0.1) is 0 Å². The highest BCUT2D eigenvalue weighted by Gasteiger charge is 2.31. The molecule has 0 saturated heterocycles. The maximum atomic E-state index is 14.4. The quantitative estimate of drug-likeness (QED) is 0.225. The highest BCUT2D eigenvalue weighted by Crippen LogP contribution is 2.50. The monoisotopic (exact) mass is 383 g/mol. The Morgan fingerprint density at radius 3 is 2.15 bits per heavy atom. The molecule has 0 atom stereocenters. The summed E-state index contributed by atoms with van der Waals surface area (Å²) in [5.41, 5.74) is 3.10. The average Bonchev–Trinajstić information content (AvgIpc) is 2.70. The molecule has 0 heterocycles. The molecule has 27 heavy (non-hydrogen) atoms. The zero-order valence-corrected chi connectivity index (χ0v) is 16.7. The van der Waals surface area contributed by atoms with Crippen LogP contribution in [0.5, 0.6) is 0 Å². The minimum absolute atomic E-state index is 0.426. The molecule has 0 bridgehead atoms. The predicted octanol–water partition coefficient (Wildman–Crippen LogP) is 3.14. The number of benzene rings is 2. The molecule has 0 spiro atoms. The molecule has 0 aliphatic carbocycles. The standard InChI is InChI=1S/C21H26N3O2P/c1-4-26-16-15-22-17-21(18-23-24(2)3)27(25,19-11-7-5-8-12-19)20-13-9-6-10-14-20/h4-14,17-18,23H,1,15-16H2,2-3H3/b21-18-,22-17?. The fourth-order valence-electron chi connectivity index (χ4n) is 2.47. The van der Waals surface area contributed by atoms with Gasteiger partial charge in [-0.25, -0.2) is 5.01 Å².